The molecule has 9 heteroatoms. The Hall–Kier alpha value is -3.65. The zero-order valence-corrected chi connectivity index (χ0v) is 21.6. The molecule has 2 aromatic carbocycles. The van der Waals surface area contributed by atoms with Crippen LogP contribution in [-0.4, -0.2) is 64.8 Å². The number of nitrogens with one attached hydrogen (secondary N) is 1. The normalized spacial score (nSPS) is 14.4. The van der Waals surface area contributed by atoms with E-state index in [0.29, 0.717) is 31.2 Å². The van der Waals surface area contributed by atoms with Crippen LogP contribution < -0.4 is 10.2 Å². The first-order chi connectivity index (χ1) is 17.2. The molecule has 8 nitrogen and oxygen atoms in total. The van der Waals surface area contributed by atoms with Gasteiger partial charge in [-0.3, -0.25) is 0 Å². The van der Waals surface area contributed by atoms with Crippen molar-refractivity contribution in [2.24, 2.45) is 0 Å². The van der Waals surface area contributed by atoms with Crippen molar-refractivity contribution in [1.82, 2.24) is 19.9 Å². The molecular weight excluding hydrogens is 476 g/mol. The van der Waals surface area contributed by atoms with Crippen LogP contribution in [0.4, 0.5) is 16.4 Å². The number of carbonyl (C=O) groups excluding carboxylic acids is 1. The number of pyridine rings is 1. The first-order valence-electron chi connectivity index (χ1n) is 12.0. The molecule has 186 valence electrons. The molecule has 1 aliphatic rings. The van der Waals surface area contributed by atoms with Gasteiger partial charge in [-0.15, -0.1) is 0 Å². The SMILES string of the molecule is CNc1cc2ccccc2c(-c2cc3ncnc(N4CCN(C(=O)OC(C)(C)C)CC4)c3cc2Cl)n1. The van der Waals surface area contributed by atoms with Crippen molar-refractivity contribution in [3.05, 3.63) is 53.8 Å². The predicted octanol–water partition coefficient (Wildman–Crippen LogP) is 5.60. The quantitative estimate of drug-likeness (QED) is 0.389. The van der Waals surface area contributed by atoms with Crippen molar-refractivity contribution >= 4 is 51.0 Å². The van der Waals surface area contributed by atoms with Crippen molar-refractivity contribution in [1.29, 1.82) is 0 Å². The Kier molecular flexibility index (Phi) is 6.30. The number of rotatable bonds is 3. The molecule has 0 radical (unpaired) electrons. The van der Waals surface area contributed by atoms with Crippen LogP contribution in [-0.2, 0) is 4.74 Å². The second-order valence-electron chi connectivity index (χ2n) is 9.83. The largest absolute Gasteiger partial charge is 0.444 e. The van der Waals surface area contributed by atoms with Gasteiger partial charge in [0, 0.05) is 49.6 Å². The van der Waals surface area contributed by atoms with Gasteiger partial charge in [-0.05, 0) is 44.4 Å². The first kappa shape index (κ1) is 24.1. The van der Waals surface area contributed by atoms with Gasteiger partial charge in [-0.1, -0.05) is 35.9 Å². The average molecular weight is 505 g/mol. The third-order valence-electron chi connectivity index (χ3n) is 6.19. The summed E-state index contributed by atoms with van der Waals surface area (Å²) in [5.74, 6) is 1.57. The second kappa shape index (κ2) is 9.43. The van der Waals surface area contributed by atoms with Crippen LogP contribution >= 0.6 is 11.6 Å². The third kappa shape index (κ3) is 4.73. The van der Waals surface area contributed by atoms with Crippen LogP contribution in [0, 0.1) is 0 Å². The lowest BCUT2D eigenvalue weighted by Crippen LogP contribution is -2.50. The van der Waals surface area contributed by atoms with E-state index in [0.717, 1.165) is 44.6 Å². The van der Waals surface area contributed by atoms with E-state index in [1.807, 2.05) is 64.2 Å². The highest BCUT2D eigenvalue weighted by Crippen LogP contribution is 2.37. The molecule has 5 rings (SSSR count). The first-order valence-corrected chi connectivity index (χ1v) is 12.4. The van der Waals surface area contributed by atoms with Gasteiger partial charge in [0.15, 0.2) is 0 Å². The van der Waals surface area contributed by atoms with E-state index < -0.39 is 5.60 Å². The molecule has 0 spiro atoms. The number of hydrogen-bond acceptors (Lipinski definition) is 7. The van der Waals surface area contributed by atoms with E-state index in [4.69, 9.17) is 21.3 Å². The summed E-state index contributed by atoms with van der Waals surface area (Å²) in [6.07, 6.45) is 1.29. The Morgan fingerprint density at radius 3 is 2.50 bits per heavy atom. The smallest absolute Gasteiger partial charge is 0.410 e. The summed E-state index contributed by atoms with van der Waals surface area (Å²) < 4.78 is 5.52. The third-order valence-corrected chi connectivity index (χ3v) is 6.50. The Morgan fingerprint density at radius 1 is 1.03 bits per heavy atom. The van der Waals surface area contributed by atoms with Crippen LogP contribution in [0.5, 0.6) is 0 Å². The monoisotopic (exact) mass is 504 g/mol. The molecule has 2 aromatic heterocycles. The van der Waals surface area contributed by atoms with Crippen LogP contribution in [0.15, 0.2) is 48.8 Å². The topological polar surface area (TPSA) is 83.5 Å². The van der Waals surface area contributed by atoms with Gasteiger partial charge in [0.2, 0.25) is 0 Å². The molecule has 1 amide bonds. The highest BCUT2D eigenvalue weighted by molar-refractivity contribution is 6.34. The molecule has 1 saturated heterocycles. The Labute approximate surface area is 215 Å². The molecule has 0 aliphatic carbocycles. The Bertz CT molecular complexity index is 1440. The maximum absolute atomic E-state index is 12.5. The zero-order chi connectivity index (χ0) is 25.4. The van der Waals surface area contributed by atoms with Crippen molar-refractivity contribution in [2.75, 3.05) is 43.4 Å². The zero-order valence-electron chi connectivity index (χ0n) is 20.9. The number of fused-ring (bicyclic) bond motifs is 2. The van der Waals surface area contributed by atoms with Gasteiger partial charge in [0.05, 0.1) is 16.2 Å². The van der Waals surface area contributed by atoms with E-state index in [-0.39, 0.29) is 6.09 Å². The fourth-order valence-corrected chi connectivity index (χ4v) is 4.71. The number of piperazine rings is 1. The lowest BCUT2D eigenvalue weighted by molar-refractivity contribution is 0.0240. The molecule has 0 unspecified atom stereocenters. The lowest BCUT2D eigenvalue weighted by atomic mass is 10.0. The summed E-state index contributed by atoms with van der Waals surface area (Å²) in [6, 6.07) is 14.0. The van der Waals surface area contributed by atoms with Gasteiger partial charge >= 0.3 is 6.09 Å². The van der Waals surface area contributed by atoms with Gasteiger partial charge in [-0.2, -0.15) is 0 Å². The highest BCUT2D eigenvalue weighted by atomic mass is 35.5. The molecule has 36 heavy (non-hydrogen) atoms. The Morgan fingerprint density at radius 2 is 1.78 bits per heavy atom. The summed E-state index contributed by atoms with van der Waals surface area (Å²) in [6.45, 7) is 8.01. The second-order valence-corrected chi connectivity index (χ2v) is 10.2. The van der Waals surface area contributed by atoms with Crippen molar-refractivity contribution in [3.63, 3.8) is 0 Å². The summed E-state index contributed by atoms with van der Waals surface area (Å²) in [7, 11) is 1.85. The molecule has 0 saturated carbocycles. The van der Waals surface area contributed by atoms with Gasteiger partial charge in [0.1, 0.15) is 23.6 Å². The van der Waals surface area contributed by atoms with Gasteiger partial charge in [0.25, 0.3) is 0 Å². The van der Waals surface area contributed by atoms with Crippen molar-refractivity contribution in [3.8, 4) is 11.3 Å². The van der Waals surface area contributed by atoms with Gasteiger partial charge < -0.3 is 19.9 Å². The molecular formula is C27H29ClN6O2. The minimum atomic E-state index is -0.515. The molecule has 0 bridgehead atoms. The van der Waals surface area contributed by atoms with Crippen molar-refractivity contribution < 1.29 is 9.53 Å². The van der Waals surface area contributed by atoms with E-state index in [1.54, 1.807) is 11.2 Å². The average Bonchev–Trinajstić information content (AvgIpc) is 2.86. The van der Waals surface area contributed by atoms with Gasteiger partial charge in [-0.25, -0.2) is 19.7 Å². The number of nitrogens with zero attached hydrogens (tertiary/aromatic N) is 5. The fourth-order valence-electron chi connectivity index (χ4n) is 4.46. The molecule has 1 N–H and O–H groups in total. The number of ether oxygens (including phenoxy) is 1. The summed E-state index contributed by atoms with van der Waals surface area (Å²) in [5.41, 5.74) is 1.89. The van der Waals surface area contributed by atoms with Crippen LogP contribution in [0.3, 0.4) is 0 Å². The lowest BCUT2D eigenvalue weighted by Gasteiger charge is -2.36. The maximum Gasteiger partial charge on any atom is 0.410 e. The van der Waals surface area contributed by atoms with Crippen LogP contribution in [0.25, 0.3) is 32.9 Å². The predicted molar refractivity (Wildman–Crippen MR) is 145 cm³/mol. The maximum atomic E-state index is 12.5. The minimum absolute atomic E-state index is 0.286. The minimum Gasteiger partial charge on any atom is -0.444 e. The number of amides is 1. The summed E-state index contributed by atoms with van der Waals surface area (Å²) >= 11 is 6.87. The summed E-state index contributed by atoms with van der Waals surface area (Å²) in [5, 5.41) is 6.68. The number of benzene rings is 2. The van der Waals surface area contributed by atoms with Crippen LogP contribution in [0.1, 0.15) is 20.8 Å². The van der Waals surface area contributed by atoms with E-state index in [9.17, 15) is 4.79 Å². The summed E-state index contributed by atoms with van der Waals surface area (Å²) in [4.78, 5) is 30.3. The van der Waals surface area contributed by atoms with Crippen molar-refractivity contribution in [2.45, 2.75) is 26.4 Å². The van der Waals surface area contributed by atoms with E-state index >= 15 is 0 Å². The molecule has 4 aromatic rings. The standard InChI is InChI=1S/C27H29ClN6O2/c1-27(2,3)36-26(35)34-11-9-33(10-12-34)25-20-14-21(28)19(15-22(20)30-16-31-25)24-18-8-6-5-7-17(18)13-23(29-4)32-24/h5-8,13-16H,9-12H2,1-4H3,(H,29,32). The number of anilines is 2. The van der Waals surface area contributed by atoms with E-state index in [1.165, 1.54) is 0 Å². The number of aromatic nitrogens is 3. The van der Waals surface area contributed by atoms with Crippen LogP contribution in [0.2, 0.25) is 5.02 Å². The fraction of sp³-hybridized carbons (Fsp3) is 0.333. The number of carbonyl (C=O) groups is 1. The Balaban J connectivity index is 1.48. The molecule has 0 atom stereocenters. The van der Waals surface area contributed by atoms with E-state index in [2.05, 4.69) is 26.3 Å². The molecule has 1 aliphatic heterocycles. The molecule has 3 heterocycles. The number of hydrogen-bond donors (Lipinski definition) is 1. The number of halogens is 1. The molecule has 1 fully saturated rings. The highest BCUT2D eigenvalue weighted by Gasteiger charge is 2.27.